The van der Waals surface area contributed by atoms with Crippen LogP contribution in [0.1, 0.15) is 12.5 Å². The third kappa shape index (κ3) is 3.62. The molecule has 3 aromatic carbocycles. The van der Waals surface area contributed by atoms with Crippen LogP contribution in [-0.2, 0) is 17.9 Å². The molecule has 0 aliphatic heterocycles. The van der Waals surface area contributed by atoms with E-state index in [0.717, 1.165) is 28.7 Å². The number of amides is 1. The lowest BCUT2D eigenvalue weighted by Gasteiger charge is -2.08. The van der Waals surface area contributed by atoms with Gasteiger partial charge in [-0.2, -0.15) is 0 Å². The van der Waals surface area contributed by atoms with Crippen LogP contribution in [0, 0.1) is 5.82 Å². The summed E-state index contributed by atoms with van der Waals surface area (Å²) in [6, 6.07) is 20.6. The first-order valence-electron chi connectivity index (χ1n) is 9.41. The highest BCUT2D eigenvalue weighted by Gasteiger charge is 2.10. The molecule has 4 rings (SSSR count). The molecule has 4 aromatic rings. The van der Waals surface area contributed by atoms with E-state index >= 15 is 0 Å². The van der Waals surface area contributed by atoms with E-state index in [4.69, 9.17) is 0 Å². The highest BCUT2D eigenvalue weighted by molar-refractivity contribution is 6.09. The van der Waals surface area contributed by atoms with Gasteiger partial charge in [0.25, 0.3) is 0 Å². The normalized spacial score (nSPS) is 11.2. The van der Waals surface area contributed by atoms with Crippen LogP contribution < -0.4 is 10.6 Å². The number of para-hydroxylation sites is 1. The molecule has 0 aliphatic rings. The summed E-state index contributed by atoms with van der Waals surface area (Å²) >= 11 is 0. The monoisotopic (exact) mass is 375 g/mol. The standard InChI is InChI=1S/C23H22FN3O/c1-2-27-21-6-4-3-5-19(21)20-13-18(11-12-22(20)27)26-23(28)15-25-14-16-7-9-17(24)10-8-16/h3-13,25H,2,14-15H2,1H3,(H,26,28). The first kappa shape index (κ1) is 18.2. The molecule has 0 unspecified atom stereocenters. The second kappa shape index (κ2) is 7.82. The molecule has 142 valence electrons. The van der Waals surface area contributed by atoms with Gasteiger partial charge in [-0.25, -0.2) is 4.39 Å². The third-order valence-corrected chi connectivity index (χ3v) is 4.90. The van der Waals surface area contributed by atoms with E-state index in [9.17, 15) is 9.18 Å². The lowest BCUT2D eigenvalue weighted by atomic mass is 10.1. The fourth-order valence-electron chi connectivity index (χ4n) is 3.60. The Bertz CT molecular complexity index is 1130. The van der Waals surface area contributed by atoms with Crippen molar-refractivity contribution in [2.24, 2.45) is 0 Å². The molecule has 1 amide bonds. The number of nitrogens with one attached hydrogen (secondary N) is 2. The van der Waals surface area contributed by atoms with Gasteiger partial charge in [-0.15, -0.1) is 0 Å². The summed E-state index contributed by atoms with van der Waals surface area (Å²) in [5.74, 6) is -0.373. The Morgan fingerprint density at radius 2 is 1.71 bits per heavy atom. The van der Waals surface area contributed by atoms with Gasteiger partial charge in [-0.1, -0.05) is 30.3 Å². The zero-order valence-corrected chi connectivity index (χ0v) is 15.7. The first-order valence-corrected chi connectivity index (χ1v) is 9.41. The van der Waals surface area contributed by atoms with Crippen molar-refractivity contribution >= 4 is 33.4 Å². The van der Waals surface area contributed by atoms with Crippen molar-refractivity contribution in [2.75, 3.05) is 11.9 Å². The number of nitrogens with zero attached hydrogens (tertiary/aromatic N) is 1. The lowest BCUT2D eigenvalue weighted by molar-refractivity contribution is -0.115. The van der Waals surface area contributed by atoms with E-state index in [1.807, 2.05) is 24.3 Å². The van der Waals surface area contributed by atoms with Gasteiger partial charge in [0.05, 0.1) is 6.54 Å². The van der Waals surface area contributed by atoms with Gasteiger partial charge < -0.3 is 15.2 Å². The summed E-state index contributed by atoms with van der Waals surface area (Å²) in [4.78, 5) is 12.3. The number of aromatic nitrogens is 1. The van der Waals surface area contributed by atoms with Gasteiger partial charge in [0.1, 0.15) is 5.82 Å². The summed E-state index contributed by atoms with van der Waals surface area (Å²) in [7, 11) is 0. The molecule has 2 N–H and O–H groups in total. The maximum atomic E-state index is 12.9. The van der Waals surface area contributed by atoms with Crippen molar-refractivity contribution in [2.45, 2.75) is 20.0 Å². The highest BCUT2D eigenvalue weighted by Crippen LogP contribution is 2.30. The quantitative estimate of drug-likeness (QED) is 0.514. The summed E-state index contributed by atoms with van der Waals surface area (Å²) < 4.78 is 15.2. The van der Waals surface area contributed by atoms with Crippen molar-refractivity contribution in [3.8, 4) is 0 Å². The van der Waals surface area contributed by atoms with Crippen molar-refractivity contribution in [1.82, 2.24) is 9.88 Å². The molecule has 0 atom stereocenters. The maximum absolute atomic E-state index is 12.9. The highest BCUT2D eigenvalue weighted by atomic mass is 19.1. The molecular formula is C23H22FN3O. The molecule has 0 saturated heterocycles. The van der Waals surface area contributed by atoms with Crippen LogP contribution in [0.2, 0.25) is 0 Å². The van der Waals surface area contributed by atoms with Crippen LogP contribution in [-0.4, -0.2) is 17.0 Å². The Balaban J connectivity index is 1.46. The van der Waals surface area contributed by atoms with Gasteiger partial charge in [0, 0.05) is 40.6 Å². The summed E-state index contributed by atoms with van der Waals surface area (Å²) in [6.07, 6.45) is 0. The van der Waals surface area contributed by atoms with E-state index in [2.05, 4.69) is 40.3 Å². The minimum atomic E-state index is -0.263. The molecular weight excluding hydrogens is 353 g/mol. The van der Waals surface area contributed by atoms with Gasteiger partial charge in [0.2, 0.25) is 5.91 Å². The summed E-state index contributed by atoms with van der Waals surface area (Å²) in [5, 5.41) is 8.35. The topological polar surface area (TPSA) is 46.1 Å². The van der Waals surface area contributed by atoms with Crippen molar-refractivity contribution in [3.05, 3.63) is 78.1 Å². The van der Waals surface area contributed by atoms with Crippen LogP contribution in [0.3, 0.4) is 0 Å². The van der Waals surface area contributed by atoms with Gasteiger partial charge >= 0.3 is 0 Å². The molecule has 0 radical (unpaired) electrons. The fraction of sp³-hybridized carbons (Fsp3) is 0.174. The Kier molecular flexibility index (Phi) is 5.08. The van der Waals surface area contributed by atoms with E-state index in [-0.39, 0.29) is 18.3 Å². The molecule has 1 heterocycles. The number of aryl methyl sites for hydroxylation is 1. The molecule has 0 aliphatic carbocycles. The third-order valence-electron chi connectivity index (χ3n) is 4.90. The van der Waals surface area contributed by atoms with Crippen LogP contribution in [0.5, 0.6) is 0 Å². The number of fused-ring (bicyclic) bond motifs is 3. The Morgan fingerprint density at radius 3 is 2.50 bits per heavy atom. The number of hydrogen-bond donors (Lipinski definition) is 2. The molecule has 0 fully saturated rings. The molecule has 0 spiro atoms. The number of halogens is 1. The second-order valence-electron chi connectivity index (χ2n) is 6.77. The minimum absolute atomic E-state index is 0.110. The van der Waals surface area contributed by atoms with Gasteiger partial charge in [-0.3, -0.25) is 4.79 Å². The molecule has 5 heteroatoms. The first-order chi connectivity index (χ1) is 13.7. The van der Waals surface area contributed by atoms with E-state index in [0.29, 0.717) is 6.54 Å². The number of hydrogen-bond acceptors (Lipinski definition) is 2. The van der Waals surface area contributed by atoms with Crippen molar-refractivity contribution < 1.29 is 9.18 Å². The molecule has 4 nitrogen and oxygen atoms in total. The van der Waals surface area contributed by atoms with Crippen molar-refractivity contribution in [3.63, 3.8) is 0 Å². The zero-order chi connectivity index (χ0) is 19.5. The molecule has 0 saturated carbocycles. The van der Waals surface area contributed by atoms with Gasteiger partial charge in [-0.05, 0) is 48.9 Å². The Morgan fingerprint density at radius 1 is 0.964 bits per heavy atom. The number of carbonyl (C=O) groups excluding carboxylic acids is 1. The van der Waals surface area contributed by atoms with E-state index in [1.54, 1.807) is 12.1 Å². The van der Waals surface area contributed by atoms with Crippen molar-refractivity contribution in [1.29, 1.82) is 0 Å². The number of anilines is 1. The fourth-order valence-corrected chi connectivity index (χ4v) is 3.60. The SMILES string of the molecule is CCn1c2ccccc2c2cc(NC(=O)CNCc3ccc(F)cc3)ccc21. The molecule has 1 aromatic heterocycles. The average molecular weight is 375 g/mol. The number of benzene rings is 3. The number of rotatable bonds is 6. The predicted molar refractivity (Wildman–Crippen MR) is 112 cm³/mol. The minimum Gasteiger partial charge on any atom is -0.341 e. The maximum Gasteiger partial charge on any atom is 0.238 e. The van der Waals surface area contributed by atoms with Crippen LogP contribution in [0.4, 0.5) is 10.1 Å². The Labute approximate surface area is 163 Å². The van der Waals surface area contributed by atoms with E-state index < -0.39 is 0 Å². The Hall–Kier alpha value is -3.18. The van der Waals surface area contributed by atoms with E-state index in [1.165, 1.54) is 23.0 Å². The van der Waals surface area contributed by atoms with Crippen LogP contribution in [0.25, 0.3) is 21.8 Å². The predicted octanol–water partition coefficient (Wildman–Crippen LogP) is 4.68. The zero-order valence-electron chi connectivity index (χ0n) is 15.7. The number of carbonyl (C=O) groups is 1. The molecule has 28 heavy (non-hydrogen) atoms. The van der Waals surface area contributed by atoms with Crippen LogP contribution in [0.15, 0.2) is 66.7 Å². The van der Waals surface area contributed by atoms with Gasteiger partial charge in [0.15, 0.2) is 0 Å². The second-order valence-corrected chi connectivity index (χ2v) is 6.77. The average Bonchev–Trinajstić information content (AvgIpc) is 3.02. The summed E-state index contributed by atoms with van der Waals surface area (Å²) in [5.41, 5.74) is 4.07. The smallest absolute Gasteiger partial charge is 0.238 e. The van der Waals surface area contributed by atoms with Crippen LogP contribution >= 0.6 is 0 Å². The summed E-state index contributed by atoms with van der Waals surface area (Å²) in [6.45, 7) is 3.72. The largest absolute Gasteiger partial charge is 0.341 e. The lowest BCUT2D eigenvalue weighted by Crippen LogP contribution is -2.27. The molecule has 0 bridgehead atoms.